The molecule has 2 aromatic heterocycles. The maximum absolute atomic E-state index is 15.0. The molecule has 0 spiro atoms. The molecular weight excluding hydrogens is 590 g/mol. The molecule has 1 N–H and O–H groups in total. The molecule has 2 heterocycles. The molecule has 0 amide bonds. The largest absolute Gasteiger partial charge is 0.440 e. The highest BCUT2D eigenvalue weighted by Crippen LogP contribution is 2.40. The smallest absolute Gasteiger partial charge is 0.387 e. The van der Waals surface area contributed by atoms with Crippen molar-refractivity contribution in [3.05, 3.63) is 89.3 Å². The van der Waals surface area contributed by atoms with Crippen LogP contribution in [0.15, 0.2) is 64.0 Å². The Morgan fingerprint density at radius 3 is 2.26 bits per heavy atom. The fourth-order valence-electron chi connectivity index (χ4n) is 4.88. The normalized spacial score (nSPS) is 11.9. The molecule has 5 rings (SSSR count). The molecule has 0 saturated heterocycles. The summed E-state index contributed by atoms with van der Waals surface area (Å²) in [6, 6.07) is 10.8. The van der Waals surface area contributed by atoms with Gasteiger partial charge in [-0.1, -0.05) is 6.07 Å². The highest BCUT2D eigenvalue weighted by molar-refractivity contribution is 7.90. The van der Waals surface area contributed by atoms with Crippen LogP contribution in [0.2, 0.25) is 0 Å². The summed E-state index contributed by atoms with van der Waals surface area (Å²) >= 11 is 0. The lowest BCUT2D eigenvalue weighted by atomic mass is 9.97. The van der Waals surface area contributed by atoms with Crippen molar-refractivity contribution in [2.24, 2.45) is 0 Å². The summed E-state index contributed by atoms with van der Waals surface area (Å²) in [5.74, 6) is -1.62. The third kappa shape index (κ3) is 5.90. The molecule has 0 unspecified atom stereocenters. The van der Waals surface area contributed by atoms with Gasteiger partial charge in [0, 0.05) is 36.1 Å². The highest BCUT2D eigenvalue weighted by atomic mass is 32.2. The first-order chi connectivity index (χ1) is 20.3. The molecule has 0 radical (unpaired) electrons. The maximum atomic E-state index is 15.0. The number of nitrogens with zero attached hydrogens (tertiary/aromatic N) is 3. The molecular formula is C30H25F4N3O5S. The summed E-state index contributed by atoms with van der Waals surface area (Å²) in [5, 5.41) is 9.62. The summed E-state index contributed by atoms with van der Waals surface area (Å²) < 4.78 is 91.9. The number of benzene rings is 3. The number of aliphatic hydroxyl groups is 1. The van der Waals surface area contributed by atoms with Crippen LogP contribution in [0, 0.1) is 32.4 Å². The Bertz CT molecular complexity index is 1970. The zero-order chi connectivity index (χ0) is 31.2. The number of sulfone groups is 1. The molecule has 43 heavy (non-hydrogen) atoms. The third-order valence-electron chi connectivity index (χ3n) is 6.70. The molecule has 0 saturated carbocycles. The summed E-state index contributed by atoms with van der Waals surface area (Å²) in [5.41, 5.74) is 2.43. The van der Waals surface area contributed by atoms with Crippen molar-refractivity contribution in [2.45, 2.75) is 38.9 Å². The van der Waals surface area contributed by atoms with E-state index in [2.05, 4.69) is 14.7 Å². The van der Waals surface area contributed by atoms with Crippen molar-refractivity contribution in [1.82, 2.24) is 14.5 Å². The van der Waals surface area contributed by atoms with E-state index in [1.807, 2.05) is 6.92 Å². The van der Waals surface area contributed by atoms with E-state index in [1.54, 1.807) is 42.8 Å². The van der Waals surface area contributed by atoms with E-state index in [4.69, 9.17) is 4.42 Å². The van der Waals surface area contributed by atoms with E-state index >= 15 is 4.39 Å². The number of aromatic nitrogens is 3. The minimum absolute atomic E-state index is 0.117. The van der Waals surface area contributed by atoms with E-state index in [0.717, 1.165) is 30.1 Å². The van der Waals surface area contributed by atoms with Gasteiger partial charge in [0.1, 0.15) is 17.3 Å². The second-order valence-corrected chi connectivity index (χ2v) is 11.8. The quantitative estimate of drug-likeness (QED) is 0.197. The molecule has 5 aromatic rings. The predicted octanol–water partition coefficient (Wildman–Crippen LogP) is 6.56. The van der Waals surface area contributed by atoms with Crippen LogP contribution in [0.4, 0.5) is 17.6 Å². The minimum atomic E-state index is -3.90. The lowest BCUT2D eigenvalue weighted by molar-refractivity contribution is -0.0521. The number of aryl methyl sites for hydroxylation is 3. The van der Waals surface area contributed by atoms with E-state index in [-0.39, 0.29) is 38.9 Å². The van der Waals surface area contributed by atoms with Gasteiger partial charge in [-0.05, 0) is 67.4 Å². The number of halogens is 4. The van der Waals surface area contributed by atoms with Gasteiger partial charge < -0.3 is 18.8 Å². The van der Waals surface area contributed by atoms with Gasteiger partial charge in [-0.2, -0.15) is 8.78 Å². The molecule has 0 aliphatic rings. The van der Waals surface area contributed by atoms with Crippen molar-refractivity contribution >= 4 is 9.84 Å². The van der Waals surface area contributed by atoms with Crippen LogP contribution >= 0.6 is 0 Å². The second kappa shape index (κ2) is 11.3. The van der Waals surface area contributed by atoms with Crippen LogP contribution in [0.5, 0.6) is 5.75 Å². The van der Waals surface area contributed by atoms with Crippen LogP contribution in [-0.2, 0) is 16.4 Å². The number of aliphatic hydroxyl groups excluding tert-OH is 1. The van der Waals surface area contributed by atoms with Crippen molar-refractivity contribution in [3.63, 3.8) is 0 Å². The molecule has 0 atom stereocenters. The van der Waals surface area contributed by atoms with E-state index < -0.39 is 40.4 Å². The topological polar surface area (TPSA) is 107 Å². The molecule has 8 nitrogen and oxygen atoms in total. The van der Waals surface area contributed by atoms with Crippen LogP contribution in [0.3, 0.4) is 0 Å². The van der Waals surface area contributed by atoms with E-state index in [9.17, 15) is 26.7 Å². The third-order valence-corrected chi connectivity index (χ3v) is 7.87. The van der Waals surface area contributed by atoms with Gasteiger partial charge >= 0.3 is 6.61 Å². The van der Waals surface area contributed by atoms with Gasteiger partial charge in [-0.25, -0.2) is 27.2 Å². The standard InChI is InChI=1S/C30H25F4N3O5S/c1-15-13-37(16(2)35-15)25-7-5-18(20-11-23(31)22(14-38)27(12-20)43(4,39)40)9-21(25)28-29(41-17(3)36-28)19-6-8-26(24(32)10-19)42-30(33)34/h5-13,30,38H,14H2,1-4H3. The Hall–Kier alpha value is -4.49. The Labute approximate surface area is 244 Å². The van der Waals surface area contributed by atoms with E-state index in [0.29, 0.717) is 22.6 Å². The summed E-state index contributed by atoms with van der Waals surface area (Å²) in [7, 11) is -3.90. The van der Waals surface area contributed by atoms with Crippen molar-refractivity contribution < 1.29 is 40.2 Å². The SMILES string of the molecule is Cc1cn(-c2ccc(-c3cc(F)c(CO)c(S(C)(=O)=O)c3)cc2-c2nc(C)oc2-c2ccc(OC(F)F)c(F)c2)c(C)n1. The maximum Gasteiger partial charge on any atom is 0.387 e. The number of oxazole rings is 1. The van der Waals surface area contributed by atoms with Crippen molar-refractivity contribution in [3.8, 4) is 45.1 Å². The van der Waals surface area contributed by atoms with E-state index in [1.165, 1.54) is 12.1 Å². The molecule has 0 bridgehead atoms. The first kappa shape index (κ1) is 30.0. The molecule has 0 aliphatic carbocycles. The van der Waals surface area contributed by atoms with Gasteiger partial charge in [0.25, 0.3) is 0 Å². The minimum Gasteiger partial charge on any atom is -0.440 e. The number of hydrogen-bond donors (Lipinski definition) is 1. The summed E-state index contributed by atoms with van der Waals surface area (Å²) in [4.78, 5) is 8.65. The Morgan fingerprint density at radius 1 is 0.953 bits per heavy atom. The molecule has 0 aliphatic heterocycles. The van der Waals surface area contributed by atoms with Crippen LogP contribution < -0.4 is 4.74 Å². The van der Waals surface area contributed by atoms with Gasteiger partial charge in [-0.3, -0.25) is 0 Å². The fourth-order valence-corrected chi connectivity index (χ4v) is 5.83. The summed E-state index contributed by atoms with van der Waals surface area (Å²) in [6.45, 7) is 1.16. The monoisotopic (exact) mass is 615 g/mol. The number of hydrogen-bond acceptors (Lipinski definition) is 7. The summed E-state index contributed by atoms with van der Waals surface area (Å²) in [6.07, 6.45) is 2.71. The second-order valence-electron chi connectivity index (χ2n) is 9.83. The number of rotatable bonds is 8. The lowest BCUT2D eigenvalue weighted by Gasteiger charge is -2.15. The molecule has 3 aromatic carbocycles. The Morgan fingerprint density at radius 2 is 1.65 bits per heavy atom. The lowest BCUT2D eigenvalue weighted by Crippen LogP contribution is -2.06. The average molecular weight is 616 g/mol. The Balaban J connectivity index is 1.76. The van der Waals surface area contributed by atoms with Gasteiger partial charge in [-0.15, -0.1) is 0 Å². The van der Waals surface area contributed by atoms with Gasteiger partial charge in [0.15, 0.2) is 33.1 Å². The fraction of sp³-hybridized carbons (Fsp3) is 0.200. The highest BCUT2D eigenvalue weighted by Gasteiger charge is 2.24. The predicted molar refractivity (Wildman–Crippen MR) is 150 cm³/mol. The number of ether oxygens (including phenoxy) is 1. The average Bonchev–Trinajstić information content (AvgIpc) is 3.48. The molecule has 0 fully saturated rings. The van der Waals surface area contributed by atoms with Crippen LogP contribution in [0.1, 0.15) is 23.0 Å². The van der Waals surface area contributed by atoms with Crippen LogP contribution in [-0.4, -0.2) is 40.9 Å². The van der Waals surface area contributed by atoms with Crippen LogP contribution in [0.25, 0.3) is 39.4 Å². The zero-order valence-electron chi connectivity index (χ0n) is 23.3. The molecule has 224 valence electrons. The molecule has 13 heteroatoms. The van der Waals surface area contributed by atoms with Crippen molar-refractivity contribution in [1.29, 1.82) is 0 Å². The Kier molecular flexibility index (Phi) is 7.88. The van der Waals surface area contributed by atoms with Gasteiger partial charge in [0.2, 0.25) is 0 Å². The zero-order valence-corrected chi connectivity index (χ0v) is 24.1. The number of alkyl halides is 2. The first-order valence-corrected chi connectivity index (χ1v) is 14.7. The van der Waals surface area contributed by atoms with Gasteiger partial charge in [0.05, 0.1) is 22.9 Å². The van der Waals surface area contributed by atoms with Crippen molar-refractivity contribution in [2.75, 3.05) is 6.26 Å². The first-order valence-electron chi connectivity index (χ1n) is 12.8. The number of imidazole rings is 1.